The van der Waals surface area contributed by atoms with Gasteiger partial charge in [-0.15, -0.1) is 0 Å². The van der Waals surface area contributed by atoms with E-state index in [4.69, 9.17) is 4.52 Å². The van der Waals surface area contributed by atoms with Gasteiger partial charge in [0.25, 0.3) is 0 Å². The molecule has 4 rings (SSSR count). The molecule has 0 aliphatic carbocycles. The van der Waals surface area contributed by atoms with Crippen molar-refractivity contribution in [3.8, 4) is 11.3 Å². The van der Waals surface area contributed by atoms with Crippen LogP contribution in [-0.4, -0.2) is 48.6 Å². The average Bonchev–Trinajstić information content (AvgIpc) is 3.39. The first kappa shape index (κ1) is 17.4. The second-order valence-corrected chi connectivity index (χ2v) is 7.03. The summed E-state index contributed by atoms with van der Waals surface area (Å²) in [5.41, 5.74) is 3.45. The predicted molar refractivity (Wildman–Crippen MR) is 97.6 cm³/mol. The largest absolute Gasteiger partial charge is 0.361 e. The van der Waals surface area contributed by atoms with E-state index in [2.05, 4.69) is 20.1 Å². The molecule has 140 valence electrons. The number of carbonyl (C=O) groups excluding carboxylic acids is 1. The number of amides is 1. The van der Waals surface area contributed by atoms with Gasteiger partial charge in [-0.25, -0.2) is 4.98 Å². The SMILES string of the molecule is Cc1noc(C)c1-c1cnc(C[C@H]2CCN(C(=O)Cn3ccnc3)C2)cn1. The predicted octanol–water partition coefficient (Wildman–Crippen LogP) is 2.04. The minimum absolute atomic E-state index is 0.135. The number of imidazole rings is 1. The molecule has 1 aliphatic rings. The first-order chi connectivity index (χ1) is 13.1. The number of aromatic nitrogens is 5. The van der Waals surface area contributed by atoms with Crippen molar-refractivity contribution in [3.63, 3.8) is 0 Å². The zero-order valence-electron chi connectivity index (χ0n) is 15.5. The van der Waals surface area contributed by atoms with Gasteiger partial charge in [0.05, 0.1) is 35.2 Å². The molecular formula is C19H22N6O2. The Labute approximate surface area is 157 Å². The van der Waals surface area contributed by atoms with Gasteiger partial charge in [0.15, 0.2) is 0 Å². The van der Waals surface area contributed by atoms with Crippen LogP contribution in [0.3, 0.4) is 0 Å². The van der Waals surface area contributed by atoms with Crippen molar-refractivity contribution in [3.05, 3.63) is 48.3 Å². The Hall–Kier alpha value is -3.03. The molecule has 4 heterocycles. The van der Waals surface area contributed by atoms with E-state index in [0.717, 1.165) is 54.3 Å². The molecule has 1 aliphatic heterocycles. The molecule has 8 heteroatoms. The highest BCUT2D eigenvalue weighted by atomic mass is 16.5. The van der Waals surface area contributed by atoms with Crippen molar-refractivity contribution in [2.24, 2.45) is 5.92 Å². The minimum Gasteiger partial charge on any atom is -0.361 e. The van der Waals surface area contributed by atoms with E-state index in [-0.39, 0.29) is 5.91 Å². The maximum absolute atomic E-state index is 12.4. The molecule has 0 aromatic carbocycles. The van der Waals surface area contributed by atoms with Crippen molar-refractivity contribution in [1.82, 2.24) is 29.6 Å². The highest BCUT2D eigenvalue weighted by Crippen LogP contribution is 2.25. The van der Waals surface area contributed by atoms with Gasteiger partial charge in [-0.3, -0.25) is 14.8 Å². The van der Waals surface area contributed by atoms with Crippen molar-refractivity contribution in [2.45, 2.75) is 33.2 Å². The molecule has 0 N–H and O–H groups in total. The standard InChI is InChI=1S/C19H22N6O2/c1-13-19(14(2)27-23-13)17-9-21-16(8-22-17)7-15-3-5-25(10-15)18(26)11-24-6-4-20-12-24/h4,6,8-9,12,15H,3,5,7,10-11H2,1-2H3/t15-/m1/s1. The Balaban J connectivity index is 1.35. The monoisotopic (exact) mass is 366 g/mol. The van der Waals surface area contributed by atoms with E-state index in [9.17, 15) is 4.79 Å². The Bertz CT molecular complexity index is 897. The molecule has 3 aromatic heterocycles. The summed E-state index contributed by atoms with van der Waals surface area (Å²) in [6.07, 6.45) is 10.6. The van der Waals surface area contributed by atoms with E-state index in [1.165, 1.54) is 0 Å². The molecule has 0 radical (unpaired) electrons. The number of aryl methyl sites for hydroxylation is 2. The highest BCUT2D eigenvalue weighted by molar-refractivity contribution is 5.76. The van der Waals surface area contributed by atoms with E-state index >= 15 is 0 Å². The summed E-state index contributed by atoms with van der Waals surface area (Å²) < 4.78 is 7.00. The van der Waals surface area contributed by atoms with Gasteiger partial charge in [0.1, 0.15) is 12.3 Å². The Morgan fingerprint density at radius 1 is 1.30 bits per heavy atom. The third-order valence-corrected chi connectivity index (χ3v) is 5.01. The van der Waals surface area contributed by atoms with Gasteiger partial charge in [-0.1, -0.05) is 5.16 Å². The summed E-state index contributed by atoms with van der Waals surface area (Å²) in [6, 6.07) is 0. The lowest BCUT2D eigenvalue weighted by Gasteiger charge is -2.16. The van der Waals surface area contributed by atoms with E-state index in [0.29, 0.717) is 12.5 Å². The summed E-state index contributed by atoms with van der Waals surface area (Å²) in [6.45, 7) is 5.68. The lowest BCUT2D eigenvalue weighted by atomic mass is 10.0. The Morgan fingerprint density at radius 2 is 2.19 bits per heavy atom. The normalized spacial score (nSPS) is 16.8. The average molecular weight is 366 g/mol. The second-order valence-electron chi connectivity index (χ2n) is 7.03. The number of hydrogen-bond acceptors (Lipinski definition) is 6. The van der Waals surface area contributed by atoms with E-state index in [1.54, 1.807) is 23.3 Å². The first-order valence-electron chi connectivity index (χ1n) is 9.08. The molecule has 8 nitrogen and oxygen atoms in total. The zero-order chi connectivity index (χ0) is 18.8. The number of hydrogen-bond donors (Lipinski definition) is 0. The second kappa shape index (κ2) is 7.30. The third-order valence-electron chi connectivity index (χ3n) is 5.01. The molecule has 1 atom stereocenters. The molecule has 0 unspecified atom stereocenters. The topological polar surface area (TPSA) is 89.9 Å². The Kier molecular flexibility index (Phi) is 4.70. The molecule has 1 saturated heterocycles. The van der Waals surface area contributed by atoms with Gasteiger partial charge in [0, 0.05) is 31.7 Å². The van der Waals surface area contributed by atoms with Crippen LogP contribution in [0.15, 0.2) is 35.6 Å². The molecular weight excluding hydrogens is 344 g/mol. The Morgan fingerprint density at radius 3 is 2.85 bits per heavy atom. The lowest BCUT2D eigenvalue weighted by Crippen LogP contribution is -2.31. The van der Waals surface area contributed by atoms with Crippen LogP contribution in [0.2, 0.25) is 0 Å². The number of carbonyl (C=O) groups is 1. The summed E-state index contributed by atoms with van der Waals surface area (Å²) >= 11 is 0. The summed E-state index contributed by atoms with van der Waals surface area (Å²) in [7, 11) is 0. The third kappa shape index (κ3) is 3.74. The van der Waals surface area contributed by atoms with Crippen LogP contribution < -0.4 is 0 Å². The van der Waals surface area contributed by atoms with Gasteiger partial charge in [0.2, 0.25) is 5.91 Å². The van der Waals surface area contributed by atoms with Gasteiger partial charge in [-0.05, 0) is 32.6 Å². The fraction of sp³-hybridized carbons (Fsp3) is 0.421. The van der Waals surface area contributed by atoms with Crippen LogP contribution in [0.4, 0.5) is 0 Å². The summed E-state index contributed by atoms with van der Waals surface area (Å²) in [5, 5.41) is 3.96. The van der Waals surface area contributed by atoms with Gasteiger partial charge >= 0.3 is 0 Å². The van der Waals surface area contributed by atoms with Crippen LogP contribution in [0.5, 0.6) is 0 Å². The number of likely N-dealkylation sites (tertiary alicyclic amines) is 1. The lowest BCUT2D eigenvalue weighted by molar-refractivity contribution is -0.130. The number of rotatable bonds is 5. The van der Waals surface area contributed by atoms with E-state index in [1.807, 2.05) is 31.1 Å². The van der Waals surface area contributed by atoms with Crippen molar-refractivity contribution in [2.75, 3.05) is 13.1 Å². The van der Waals surface area contributed by atoms with Crippen LogP contribution in [0, 0.1) is 19.8 Å². The van der Waals surface area contributed by atoms with Crippen LogP contribution in [0.25, 0.3) is 11.3 Å². The van der Waals surface area contributed by atoms with Crippen molar-refractivity contribution in [1.29, 1.82) is 0 Å². The minimum atomic E-state index is 0.135. The number of nitrogens with zero attached hydrogens (tertiary/aromatic N) is 6. The molecule has 0 spiro atoms. The smallest absolute Gasteiger partial charge is 0.242 e. The summed E-state index contributed by atoms with van der Waals surface area (Å²) in [5.74, 6) is 1.30. The van der Waals surface area contributed by atoms with Crippen molar-refractivity contribution >= 4 is 5.91 Å². The summed E-state index contributed by atoms with van der Waals surface area (Å²) in [4.78, 5) is 27.4. The maximum Gasteiger partial charge on any atom is 0.242 e. The van der Waals surface area contributed by atoms with Gasteiger partial charge in [-0.2, -0.15) is 0 Å². The molecule has 0 saturated carbocycles. The zero-order valence-corrected chi connectivity index (χ0v) is 15.5. The molecule has 1 amide bonds. The van der Waals surface area contributed by atoms with Crippen LogP contribution >= 0.6 is 0 Å². The van der Waals surface area contributed by atoms with Crippen LogP contribution in [0.1, 0.15) is 23.6 Å². The van der Waals surface area contributed by atoms with Gasteiger partial charge < -0.3 is 14.0 Å². The van der Waals surface area contributed by atoms with Crippen molar-refractivity contribution < 1.29 is 9.32 Å². The fourth-order valence-corrected chi connectivity index (χ4v) is 3.60. The van der Waals surface area contributed by atoms with Crippen LogP contribution in [-0.2, 0) is 17.8 Å². The molecule has 1 fully saturated rings. The van der Waals surface area contributed by atoms with E-state index < -0.39 is 0 Å². The maximum atomic E-state index is 12.4. The quantitative estimate of drug-likeness (QED) is 0.686. The molecule has 3 aromatic rings. The highest BCUT2D eigenvalue weighted by Gasteiger charge is 2.26. The molecule has 0 bridgehead atoms. The molecule has 27 heavy (non-hydrogen) atoms. The first-order valence-corrected chi connectivity index (χ1v) is 9.08. The fourth-order valence-electron chi connectivity index (χ4n) is 3.60.